The summed E-state index contributed by atoms with van der Waals surface area (Å²) < 4.78 is 16.3. The number of ether oxygens (including phenoxy) is 3. The first-order valence-electron chi connectivity index (χ1n) is 6.71. The average Bonchev–Trinajstić information content (AvgIpc) is 2.55. The molecule has 0 saturated heterocycles. The minimum atomic E-state index is 0.420. The molecule has 0 atom stereocenters. The van der Waals surface area contributed by atoms with Crippen LogP contribution in [0.5, 0.6) is 11.5 Å². The molecule has 2 rings (SSSR count). The van der Waals surface area contributed by atoms with Gasteiger partial charge in [-0.05, 0) is 23.8 Å². The normalized spacial score (nSPS) is 10.1. The highest BCUT2D eigenvalue weighted by atomic mass is 16.5. The number of hydrogen-bond donors (Lipinski definition) is 0. The molecule has 0 aliphatic heterocycles. The van der Waals surface area contributed by atoms with Gasteiger partial charge in [0.25, 0.3) is 0 Å². The van der Waals surface area contributed by atoms with Gasteiger partial charge in [-0.2, -0.15) is 0 Å². The van der Waals surface area contributed by atoms with E-state index in [0.717, 1.165) is 11.8 Å². The number of rotatable bonds is 8. The van der Waals surface area contributed by atoms with E-state index < -0.39 is 0 Å². The maximum atomic E-state index is 10.7. The van der Waals surface area contributed by atoms with E-state index in [4.69, 9.17) is 14.2 Å². The van der Waals surface area contributed by atoms with Crippen LogP contribution in [-0.4, -0.2) is 26.6 Å². The fraction of sp³-hybridized carbons (Fsp3) is 0.235. The Labute approximate surface area is 124 Å². The molecule has 0 aromatic heterocycles. The smallest absolute Gasteiger partial charge is 0.161 e. The summed E-state index contributed by atoms with van der Waals surface area (Å²) in [6, 6.07) is 15.0. The van der Waals surface area contributed by atoms with E-state index in [-0.39, 0.29) is 0 Å². The lowest BCUT2D eigenvalue weighted by Gasteiger charge is -2.11. The summed E-state index contributed by atoms with van der Waals surface area (Å²) in [5, 5.41) is 0. The van der Waals surface area contributed by atoms with Crippen molar-refractivity contribution in [2.24, 2.45) is 0 Å². The van der Waals surface area contributed by atoms with Crippen molar-refractivity contribution in [2.75, 3.05) is 20.3 Å². The van der Waals surface area contributed by atoms with Crippen molar-refractivity contribution in [3.8, 4) is 11.5 Å². The van der Waals surface area contributed by atoms with Crippen LogP contribution in [0, 0.1) is 0 Å². The van der Waals surface area contributed by atoms with Crippen molar-refractivity contribution in [3.63, 3.8) is 0 Å². The lowest BCUT2D eigenvalue weighted by atomic mass is 10.2. The van der Waals surface area contributed by atoms with Gasteiger partial charge in [0.1, 0.15) is 12.9 Å². The third kappa shape index (κ3) is 4.61. The Hall–Kier alpha value is -2.33. The maximum absolute atomic E-state index is 10.7. The Morgan fingerprint density at radius 1 is 1.00 bits per heavy atom. The summed E-state index contributed by atoms with van der Waals surface area (Å²) in [6.07, 6.45) is 0.773. The van der Waals surface area contributed by atoms with Crippen LogP contribution in [-0.2, 0) is 11.3 Å². The second kappa shape index (κ2) is 8.07. The third-order valence-corrected chi connectivity index (χ3v) is 2.92. The summed E-state index contributed by atoms with van der Waals surface area (Å²) >= 11 is 0. The summed E-state index contributed by atoms with van der Waals surface area (Å²) in [5.41, 5.74) is 1.69. The van der Waals surface area contributed by atoms with E-state index in [1.165, 1.54) is 0 Å². The number of benzene rings is 2. The van der Waals surface area contributed by atoms with E-state index in [1.807, 2.05) is 30.3 Å². The van der Waals surface area contributed by atoms with Crippen molar-refractivity contribution in [1.29, 1.82) is 0 Å². The molecule has 2 aromatic rings. The second-order valence-electron chi connectivity index (χ2n) is 4.41. The zero-order valence-corrected chi connectivity index (χ0v) is 12.0. The van der Waals surface area contributed by atoms with Gasteiger partial charge >= 0.3 is 0 Å². The molecule has 0 saturated carbocycles. The van der Waals surface area contributed by atoms with Gasteiger partial charge in [-0.15, -0.1) is 0 Å². The monoisotopic (exact) mass is 286 g/mol. The van der Waals surface area contributed by atoms with Gasteiger partial charge in [0, 0.05) is 5.56 Å². The summed E-state index contributed by atoms with van der Waals surface area (Å²) in [4.78, 5) is 10.7. The number of aldehydes is 1. The van der Waals surface area contributed by atoms with Crippen molar-refractivity contribution in [2.45, 2.75) is 6.61 Å². The van der Waals surface area contributed by atoms with Gasteiger partial charge < -0.3 is 14.2 Å². The van der Waals surface area contributed by atoms with Crippen LogP contribution in [0.3, 0.4) is 0 Å². The summed E-state index contributed by atoms with van der Waals surface area (Å²) in [6.45, 7) is 1.46. The number of carbonyl (C=O) groups is 1. The summed E-state index contributed by atoms with van der Waals surface area (Å²) in [7, 11) is 1.54. The molecule has 0 radical (unpaired) electrons. The molecule has 0 aliphatic rings. The average molecular weight is 286 g/mol. The Balaban J connectivity index is 1.77. The predicted molar refractivity (Wildman–Crippen MR) is 80.0 cm³/mol. The molecule has 0 unspecified atom stereocenters. The van der Waals surface area contributed by atoms with Crippen molar-refractivity contribution in [1.82, 2.24) is 0 Å². The highest BCUT2D eigenvalue weighted by Gasteiger charge is 2.05. The molecular formula is C17H18O4. The fourth-order valence-electron chi connectivity index (χ4n) is 1.85. The molecule has 21 heavy (non-hydrogen) atoms. The SMILES string of the molecule is COc1cc(C=O)ccc1OCCOCc1ccccc1. The van der Waals surface area contributed by atoms with Crippen LogP contribution in [0.2, 0.25) is 0 Å². The largest absolute Gasteiger partial charge is 0.493 e. The van der Waals surface area contributed by atoms with Crippen molar-refractivity contribution < 1.29 is 19.0 Å². The van der Waals surface area contributed by atoms with Crippen LogP contribution >= 0.6 is 0 Å². The minimum absolute atomic E-state index is 0.420. The molecule has 2 aromatic carbocycles. The van der Waals surface area contributed by atoms with Crippen LogP contribution in [0.4, 0.5) is 0 Å². The zero-order chi connectivity index (χ0) is 14.9. The lowest BCUT2D eigenvalue weighted by Crippen LogP contribution is -2.07. The van der Waals surface area contributed by atoms with Crippen LogP contribution in [0.1, 0.15) is 15.9 Å². The Morgan fingerprint density at radius 2 is 1.81 bits per heavy atom. The molecule has 110 valence electrons. The van der Waals surface area contributed by atoms with E-state index >= 15 is 0 Å². The fourth-order valence-corrected chi connectivity index (χ4v) is 1.85. The van der Waals surface area contributed by atoms with Gasteiger partial charge in [-0.1, -0.05) is 30.3 Å². The van der Waals surface area contributed by atoms with Gasteiger partial charge in [-0.3, -0.25) is 4.79 Å². The molecule has 4 heteroatoms. The molecule has 4 nitrogen and oxygen atoms in total. The number of hydrogen-bond acceptors (Lipinski definition) is 4. The second-order valence-corrected chi connectivity index (χ2v) is 4.41. The van der Waals surface area contributed by atoms with E-state index in [1.54, 1.807) is 25.3 Å². The molecule has 0 amide bonds. The van der Waals surface area contributed by atoms with E-state index in [9.17, 15) is 4.79 Å². The molecule has 0 aliphatic carbocycles. The topological polar surface area (TPSA) is 44.8 Å². The zero-order valence-electron chi connectivity index (χ0n) is 12.0. The number of methoxy groups -OCH3 is 1. The van der Waals surface area contributed by atoms with Crippen LogP contribution in [0.25, 0.3) is 0 Å². The standard InChI is InChI=1S/C17H18O4/c1-19-17-11-15(12-18)7-8-16(17)21-10-9-20-13-14-5-3-2-4-6-14/h2-8,11-12H,9-10,13H2,1H3. The first-order chi connectivity index (χ1) is 10.3. The predicted octanol–water partition coefficient (Wildman–Crippen LogP) is 3.10. The quantitative estimate of drug-likeness (QED) is 0.552. The molecule has 0 bridgehead atoms. The Bertz CT molecular complexity index is 566. The van der Waals surface area contributed by atoms with Crippen molar-refractivity contribution >= 4 is 6.29 Å². The van der Waals surface area contributed by atoms with Crippen LogP contribution in [0.15, 0.2) is 48.5 Å². The minimum Gasteiger partial charge on any atom is -0.493 e. The van der Waals surface area contributed by atoms with Gasteiger partial charge in [0.2, 0.25) is 0 Å². The first kappa shape index (κ1) is 15.1. The Morgan fingerprint density at radius 3 is 2.52 bits per heavy atom. The highest BCUT2D eigenvalue weighted by Crippen LogP contribution is 2.27. The third-order valence-electron chi connectivity index (χ3n) is 2.92. The van der Waals surface area contributed by atoms with E-state index in [2.05, 4.69) is 0 Å². The summed E-state index contributed by atoms with van der Waals surface area (Å²) in [5.74, 6) is 1.15. The van der Waals surface area contributed by atoms with E-state index in [0.29, 0.717) is 36.9 Å². The number of carbonyl (C=O) groups excluding carboxylic acids is 1. The molecule has 0 fully saturated rings. The van der Waals surface area contributed by atoms with Crippen LogP contribution < -0.4 is 9.47 Å². The van der Waals surface area contributed by atoms with Crippen molar-refractivity contribution in [3.05, 3.63) is 59.7 Å². The molecular weight excluding hydrogens is 268 g/mol. The highest BCUT2D eigenvalue weighted by molar-refractivity contribution is 5.76. The maximum Gasteiger partial charge on any atom is 0.161 e. The molecule has 0 N–H and O–H groups in total. The first-order valence-corrected chi connectivity index (χ1v) is 6.71. The molecule has 0 heterocycles. The Kier molecular flexibility index (Phi) is 5.79. The molecule has 0 spiro atoms. The van der Waals surface area contributed by atoms with Gasteiger partial charge in [0.05, 0.1) is 20.3 Å². The lowest BCUT2D eigenvalue weighted by molar-refractivity contribution is 0.0879. The van der Waals surface area contributed by atoms with Gasteiger partial charge in [-0.25, -0.2) is 0 Å². The van der Waals surface area contributed by atoms with Gasteiger partial charge in [0.15, 0.2) is 11.5 Å².